The van der Waals surface area contributed by atoms with E-state index in [-0.39, 0.29) is 11.8 Å². The van der Waals surface area contributed by atoms with Gasteiger partial charge in [-0.1, -0.05) is 61.9 Å². The predicted octanol–water partition coefficient (Wildman–Crippen LogP) is 6.19. The third-order valence-electron chi connectivity index (χ3n) is 6.10. The molecule has 2 aromatic rings. The molecule has 2 nitrogen and oxygen atoms in total. The molecule has 0 bridgehead atoms. The molecule has 2 aliphatic rings. The van der Waals surface area contributed by atoms with E-state index in [1.165, 1.54) is 31.2 Å². The molecule has 1 N–H and O–H groups in total. The summed E-state index contributed by atoms with van der Waals surface area (Å²) in [6.07, 6.45) is 10.4. The van der Waals surface area contributed by atoms with E-state index < -0.39 is 0 Å². The highest BCUT2D eigenvalue weighted by Crippen LogP contribution is 2.38. The highest BCUT2D eigenvalue weighted by molar-refractivity contribution is 5.96. The average Bonchev–Trinajstić information content (AvgIpc) is 3.33. The normalized spacial score (nSPS) is 18.2. The minimum Gasteiger partial charge on any atom is -0.326 e. The summed E-state index contributed by atoms with van der Waals surface area (Å²) in [4.78, 5) is 13.3. The third-order valence-corrected chi connectivity index (χ3v) is 6.10. The van der Waals surface area contributed by atoms with Gasteiger partial charge in [0.2, 0.25) is 5.91 Å². The number of carbonyl (C=O) groups excluding carboxylic acids is 1. The van der Waals surface area contributed by atoms with Gasteiger partial charge in [-0.15, -0.1) is 0 Å². The Morgan fingerprint density at radius 1 is 1.07 bits per heavy atom. The summed E-state index contributed by atoms with van der Waals surface area (Å²) < 4.78 is 0. The molecule has 2 aromatic carbocycles. The molecule has 27 heavy (non-hydrogen) atoms. The van der Waals surface area contributed by atoms with Crippen molar-refractivity contribution in [2.24, 2.45) is 11.8 Å². The molecular weight excluding hydrogens is 330 g/mol. The lowest BCUT2D eigenvalue weighted by Crippen LogP contribution is -2.26. The van der Waals surface area contributed by atoms with E-state index in [4.69, 9.17) is 0 Å². The second-order valence-electron chi connectivity index (χ2n) is 8.23. The zero-order chi connectivity index (χ0) is 18.6. The lowest BCUT2D eigenvalue weighted by molar-refractivity contribution is -0.118. The maximum atomic E-state index is 13.3. The van der Waals surface area contributed by atoms with Crippen LogP contribution in [0.15, 0.2) is 55.1 Å². The Morgan fingerprint density at radius 2 is 1.81 bits per heavy atom. The largest absolute Gasteiger partial charge is 0.326 e. The van der Waals surface area contributed by atoms with Crippen molar-refractivity contribution in [2.75, 3.05) is 5.32 Å². The molecule has 4 rings (SSSR count). The van der Waals surface area contributed by atoms with E-state index in [1.54, 1.807) is 0 Å². The smallest absolute Gasteiger partial charge is 0.232 e. The Kier molecular flexibility index (Phi) is 5.42. The number of hydrogen-bond acceptors (Lipinski definition) is 1. The van der Waals surface area contributed by atoms with E-state index in [1.807, 2.05) is 12.1 Å². The Hall–Kier alpha value is -2.35. The summed E-state index contributed by atoms with van der Waals surface area (Å²) in [6, 6.07) is 16.7. The molecule has 0 aliphatic heterocycles. The lowest BCUT2D eigenvalue weighted by atomic mass is 9.83. The molecule has 0 heterocycles. The van der Waals surface area contributed by atoms with Crippen molar-refractivity contribution < 1.29 is 4.79 Å². The maximum absolute atomic E-state index is 13.3. The first-order chi connectivity index (χ1) is 13.2. The van der Waals surface area contributed by atoms with Crippen LogP contribution in [0.25, 0.3) is 6.08 Å². The van der Waals surface area contributed by atoms with Crippen LogP contribution in [0.1, 0.15) is 61.1 Å². The number of rotatable bonds is 7. The lowest BCUT2D eigenvalue weighted by Gasteiger charge is -2.23. The zero-order valence-corrected chi connectivity index (χ0v) is 16.0. The van der Waals surface area contributed by atoms with Crippen LogP contribution in [0.2, 0.25) is 0 Å². The fourth-order valence-corrected chi connectivity index (χ4v) is 4.42. The van der Waals surface area contributed by atoms with E-state index in [0.29, 0.717) is 5.92 Å². The fraction of sp³-hybridized carbons (Fsp3) is 0.400. The van der Waals surface area contributed by atoms with E-state index >= 15 is 0 Å². The number of benzene rings is 2. The van der Waals surface area contributed by atoms with Gasteiger partial charge in [-0.05, 0) is 72.8 Å². The molecular formula is C25H29NO. The average molecular weight is 360 g/mol. The topological polar surface area (TPSA) is 29.1 Å². The van der Waals surface area contributed by atoms with Crippen molar-refractivity contribution >= 4 is 17.7 Å². The van der Waals surface area contributed by atoms with Crippen LogP contribution in [-0.2, 0) is 11.2 Å². The Bertz CT molecular complexity index is 797. The summed E-state index contributed by atoms with van der Waals surface area (Å²) in [7, 11) is 0. The molecule has 2 fully saturated rings. The minimum absolute atomic E-state index is 0.0709. The van der Waals surface area contributed by atoms with Gasteiger partial charge in [0, 0.05) is 5.69 Å². The highest BCUT2D eigenvalue weighted by atomic mass is 16.1. The van der Waals surface area contributed by atoms with Gasteiger partial charge in [-0.3, -0.25) is 4.79 Å². The molecule has 1 amide bonds. The molecule has 0 aromatic heterocycles. The summed E-state index contributed by atoms with van der Waals surface area (Å²) in [5, 5.41) is 3.22. The zero-order valence-electron chi connectivity index (χ0n) is 16.0. The van der Waals surface area contributed by atoms with Gasteiger partial charge >= 0.3 is 0 Å². The Balaban J connectivity index is 1.53. The minimum atomic E-state index is -0.0709. The molecule has 0 saturated heterocycles. The fourth-order valence-electron chi connectivity index (χ4n) is 4.42. The number of carbonyl (C=O) groups is 1. The monoisotopic (exact) mass is 359 g/mol. The van der Waals surface area contributed by atoms with Crippen molar-refractivity contribution in [2.45, 2.75) is 50.9 Å². The van der Waals surface area contributed by atoms with Crippen LogP contribution < -0.4 is 5.32 Å². The molecule has 2 aliphatic carbocycles. The number of nitrogens with one attached hydrogen (secondary N) is 1. The van der Waals surface area contributed by atoms with Crippen molar-refractivity contribution in [1.82, 2.24) is 0 Å². The summed E-state index contributed by atoms with van der Waals surface area (Å²) in [5.74, 6) is 1.36. The van der Waals surface area contributed by atoms with Gasteiger partial charge in [-0.25, -0.2) is 0 Å². The molecule has 2 heteroatoms. The SMILES string of the molecule is C=Cc1ccc(C(C(=O)Nc2cccc(CC3CC3)c2)C2CCCC2)cc1. The number of amides is 1. The van der Waals surface area contributed by atoms with Crippen LogP contribution >= 0.6 is 0 Å². The van der Waals surface area contributed by atoms with Crippen LogP contribution in [0.3, 0.4) is 0 Å². The first-order valence-corrected chi connectivity index (χ1v) is 10.3. The highest BCUT2D eigenvalue weighted by Gasteiger charge is 2.32. The van der Waals surface area contributed by atoms with Gasteiger partial charge < -0.3 is 5.32 Å². The molecule has 2 saturated carbocycles. The first kappa shape index (κ1) is 18.0. The first-order valence-electron chi connectivity index (χ1n) is 10.3. The van der Waals surface area contributed by atoms with Gasteiger partial charge in [0.15, 0.2) is 0 Å². The second kappa shape index (κ2) is 8.12. The van der Waals surface area contributed by atoms with Crippen molar-refractivity contribution in [3.63, 3.8) is 0 Å². The molecule has 0 radical (unpaired) electrons. The standard InChI is InChI=1S/C25H29NO/c1-2-18-12-14-22(15-13-18)24(21-7-3-4-8-21)25(27)26-23-9-5-6-20(17-23)16-19-10-11-19/h2,5-6,9,12-15,17,19,21,24H,1,3-4,7-8,10-11,16H2,(H,26,27). The van der Waals surface area contributed by atoms with E-state index in [0.717, 1.165) is 42.0 Å². The van der Waals surface area contributed by atoms with Crippen LogP contribution in [0, 0.1) is 11.8 Å². The van der Waals surface area contributed by atoms with Gasteiger partial charge in [0.1, 0.15) is 0 Å². The van der Waals surface area contributed by atoms with Crippen LogP contribution in [0.4, 0.5) is 5.69 Å². The van der Waals surface area contributed by atoms with Crippen molar-refractivity contribution in [1.29, 1.82) is 0 Å². The maximum Gasteiger partial charge on any atom is 0.232 e. The van der Waals surface area contributed by atoms with Crippen molar-refractivity contribution in [3.8, 4) is 0 Å². The summed E-state index contributed by atoms with van der Waals surface area (Å²) in [5.41, 5.74) is 4.49. The summed E-state index contributed by atoms with van der Waals surface area (Å²) >= 11 is 0. The molecule has 1 unspecified atom stereocenters. The number of anilines is 1. The van der Waals surface area contributed by atoms with Gasteiger partial charge in [0.25, 0.3) is 0 Å². The van der Waals surface area contributed by atoms with Crippen LogP contribution in [0.5, 0.6) is 0 Å². The number of hydrogen-bond donors (Lipinski definition) is 1. The quantitative estimate of drug-likeness (QED) is 0.627. The summed E-state index contributed by atoms with van der Waals surface area (Å²) in [6.45, 7) is 3.83. The predicted molar refractivity (Wildman–Crippen MR) is 113 cm³/mol. The second-order valence-corrected chi connectivity index (χ2v) is 8.23. The van der Waals surface area contributed by atoms with E-state index in [2.05, 4.69) is 54.4 Å². The van der Waals surface area contributed by atoms with Gasteiger partial charge in [-0.2, -0.15) is 0 Å². The van der Waals surface area contributed by atoms with Gasteiger partial charge in [0.05, 0.1) is 5.92 Å². The molecule has 0 spiro atoms. The molecule has 1 atom stereocenters. The Labute approximate surface area is 162 Å². The Morgan fingerprint density at radius 3 is 2.48 bits per heavy atom. The van der Waals surface area contributed by atoms with Crippen molar-refractivity contribution in [3.05, 3.63) is 71.8 Å². The third kappa shape index (κ3) is 4.50. The molecule has 140 valence electrons. The van der Waals surface area contributed by atoms with Crippen LogP contribution in [-0.4, -0.2) is 5.91 Å². The van der Waals surface area contributed by atoms with E-state index in [9.17, 15) is 4.79 Å².